The van der Waals surface area contributed by atoms with E-state index < -0.39 is 0 Å². The Bertz CT molecular complexity index is 457. The van der Waals surface area contributed by atoms with Gasteiger partial charge in [0, 0.05) is 18.9 Å². The summed E-state index contributed by atoms with van der Waals surface area (Å²) in [7, 11) is 1.65. The lowest BCUT2D eigenvalue weighted by atomic mass is 10.3. The Morgan fingerprint density at radius 2 is 1.71 bits per heavy atom. The van der Waals surface area contributed by atoms with Gasteiger partial charge >= 0.3 is 0 Å². The molecule has 0 aromatic heterocycles. The minimum Gasteiger partial charge on any atom is -0.457 e. The van der Waals surface area contributed by atoms with E-state index in [0.29, 0.717) is 6.73 Å². The van der Waals surface area contributed by atoms with Crippen LogP contribution in [-0.2, 0) is 4.74 Å². The lowest BCUT2D eigenvalue weighted by Crippen LogP contribution is -2.02. The first-order valence-electron chi connectivity index (χ1n) is 5.44. The van der Waals surface area contributed by atoms with Crippen LogP contribution in [0.5, 0.6) is 11.5 Å². The molecule has 3 heteroatoms. The van der Waals surface area contributed by atoms with Crippen LogP contribution in [0.1, 0.15) is 0 Å². The SMILES string of the molecule is COCNc1cccc(Oc2ccccc2)c1. The molecule has 2 aromatic carbocycles. The second-order valence-corrected chi connectivity index (χ2v) is 3.55. The van der Waals surface area contributed by atoms with E-state index in [2.05, 4.69) is 5.32 Å². The Hall–Kier alpha value is -2.00. The van der Waals surface area contributed by atoms with Gasteiger partial charge in [-0.25, -0.2) is 0 Å². The van der Waals surface area contributed by atoms with Gasteiger partial charge in [0.2, 0.25) is 0 Å². The van der Waals surface area contributed by atoms with Crippen LogP contribution in [0.15, 0.2) is 54.6 Å². The van der Waals surface area contributed by atoms with Crippen molar-refractivity contribution in [2.24, 2.45) is 0 Å². The third kappa shape index (κ3) is 3.50. The van der Waals surface area contributed by atoms with Crippen molar-refractivity contribution in [3.05, 3.63) is 54.6 Å². The summed E-state index contributed by atoms with van der Waals surface area (Å²) in [5, 5.41) is 3.12. The van der Waals surface area contributed by atoms with E-state index in [4.69, 9.17) is 9.47 Å². The molecule has 0 aliphatic carbocycles. The summed E-state index contributed by atoms with van der Waals surface area (Å²) in [5.41, 5.74) is 0.972. The first-order chi connectivity index (χ1) is 8.38. The van der Waals surface area contributed by atoms with Gasteiger partial charge in [0.15, 0.2) is 0 Å². The summed E-state index contributed by atoms with van der Waals surface area (Å²) in [4.78, 5) is 0. The molecule has 0 spiro atoms. The number of rotatable bonds is 5. The lowest BCUT2D eigenvalue weighted by Gasteiger charge is -2.08. The number of methoxy groups -OCH3 is 1. The molecule has 0 saturated carbocycles. The highest BCUT2D eigenvalue weighted by molar-refractivity contribution is 5.48. The van der Waals surface area contributed by atoms with E-state index in [0.717, 1.165) is 17.2 Å². The molecule has 2 rings (SSSR count). The van der Waals surface area contributed by atoms with Crippen LogP contribution in [0, 0.1) is 0 Å². The molecule has 1 N–H and O–H groups in total. The molecule has 0 atom stereocenters. The molecule has 0 fully saturated rings. The highest BCUT2D eigenvalue weighted by Gasteiger charge is 1.97. The van der Waals surface area contributed by atoms with Crippen molar-refractivity contribution in [1.29, 1.82) is 0 Å². The zero-order valence-electron chi connectivity index (χ0n) is 9.72. The fraction of sp³-hybridized carbons (Fsp3) is 0.143. The molecular formula is C14H15NO2. The Balaban J connectivity index is 2.06. The second-order valence-electron chi connectivity index (χ2n) is 3.55. The van der Waals surface area contributed by atoms with Crippen molar-refractivity contribution in [1.82, 2.24) is 0 Å². The Labute approximate surface area is 101 Å². The topological polar surface area (TPSA) is 30.5 Å². The normalized spacial score (nSPS) is 9.94. The molecule has 0 aliphatic heterocycles. The average molecular weight is 229 g/mol. The van der Waals surface area contributed by atoms with Crippen molar-refractivity contribution >= 4 is 5.69 Å². The van der Waals surface area contributed by atoms with E-state index in [-0.39, 0.29) is 0 Å². The van der Waals surface area contributed by atoms with Gasteiger partial charge in [-0.3, -0.25) is 0 Å². The average Bonchev–Trinajstić information content (AvgIpc) is 2.38. The van der Waals surface area contributed by atoms with Crippen molar-refractivity contribution in [3.8, 4) is 11.5 Å². The van der Waals surface area contributed by atoms with Crippen LogP contribution in [0.3, 0.4) is 0 Å². The maximum atomic E-state index is 5.72. The number of hydrogen-bond donors (Lipinski definition) is 1. The molecule has 0 aliphatic rings. The standard InChI is InChI=1S/C14H15NO2/c1-16-11-15-12-6-5-9-14(10-12)17-13-7-3-2-4-8-13/h2-10,15H,11H2,1H3. The molecule has 2 aromatic rings. The Morgan fingerprint density at radius 3 is 2.47 bits per heavy atom. The maximum Gasteiger partial charge on any atom is 0.129 e. The third-order valence-corrected chi connectivity index (χ3v) is 2.23. The van der Waals surface area contributed by atoms with Crippen LogP contribution in [0.4, 0.5) is 5.69 Å². The molecule has 0 heterocycles. The highest BCUT2D eigenvalue weighted by Crippen LogP contribution is 2.23. The number of para-hydroxylation sites is 1. The van der Waals surface area contributed by atoms with E-state index >= 15 is 0 Å². The summed E-state index contributed by atoms with van der Waals surface area (Å²) in [6.45, 7) is 0.481. The van der Waals surface area contributed by atoms with Crippen LogP contribution in [-0.4, -0.2) is 13.8 Å². The molecule has 0 bridgehead atoms. The van der Waals surface area contributed by atoms with Crippen LogP contribution < -0.4 is 10.1 Å². The van der Waals surface area contributed by atoms with E-state index in [1.54, 1.807) is 7.11 Å². The number of hydrogen-bond acceptors (Lipinski definition) is 3. The summed E-state index contributed by atoms with van der Waals surface area (Å²) in [6.07, 6.45) is 0. The Morgan fingerprint density at radius 1 is 0.941 bits per heavy atom. The zero-order valence-corrected chi connectivity index (χ0v) is 9.72. The largest absolute Gasteiger partial charge is 0.457 e. The predicted octanol–water partition coefficient (Wildman–Crippen LogP) is 3.49. The molecule has 3 nitrogen and oxygen atoms in total. The maximum absolute atomic E-state index is 5.72. The number of ether oxygens (including phenoxy) is 2. The van der Waals surface area contributed by atoms with Crippen molar-refractivity contribution in [2.45, 2.75) is 0 Å². The number of benzene rings is 2. The smallest absolute Gasteiger partial charge is 0.129 e. The second kappa shape index (κ2) is 5.92. The van der Waals surface area contributed by atoms with Crippen molar-refractivity contribution in [3.63, 3.8) is 0 Å². The molecule has 0 saturated heterocycles. The fourth-order valence-corrected chi connectivity index (χ4v) is 1.45. The molecule has 0 amide bonds. The highest BCUT2D eigenvalue weighted by atomic mass is 16.5. The van der Waals surface area contributed by atoms with Gasteiger partial charge in [0.05, 0.1) is 0 Å². The summed E-state index contributed by atoms with van der Waals surface area (Å²) >= 11 is 0. The quantitative estimate of drug-likeness (QED) is 0.796. The first-order valence-corrected chi connectivity index (χ1v) is 5.44. The number of anilines is 1. The molecule has 0 unspecified atom stereocenters. The van der Waals surface area contributed by atoms with Gasteiger partial charge in [0.25, 0.3) is 0 Å². The molecular weight excluding hydrogens is 214 g/mol. The summed E-state index contributed by atoms with van der Waals surface area (Å²) in [5.74, 6) is 1.63. The predicted molar refractivity (Wildman–Crippen MR) is 68.5 cm³/mol. The molecule has 88 valence electrons. The first kappa shape index (κ1) is 11.5. The minimum atomic E-state index is 0.481. The van der Waals surface area contributed by atoms with Gasteiger partial charge < -0.3 is 14.8 Å². The summed E-state index contributed by atoms with van der Waals surface area (Å²) in [6, 6.07) is 17.5. The van der Waals surface area contributed by atoms with Gasteiger partial charge in [-0.1, -0.05) is 24.3 Å². The van der Waals surface area contributed by atoms with E-state index in [9.17, 15) is 0 Å². The van der Waals surface area contributed by atoms with Crippen molar-refractivity contribution < 1.29 is 9.47 Å². The van der Waals surface area contributed by atoms with E-state index in [1.807, 2.05) is 54.6 Å². The van der Waals surface area contributed by atoms with Gasteiger partial charge in [0.1, 0.15) is 18.2 Å². The van der Waals surface area contributed by atoms with Gasteiger partial charge in [-0.2, -0.15) is 0 Å². The van der Waals surface area contributed by atoms with Crippen LogP contribution in [0.25, 0.3) is 0 Å². The van der Waals surface area contributed by atoms with Gasteiger partial charge in [-0.05, 0) is 24.3 Å². The van der Waals surface area contributed by atoms with E-state index in [1.165, 1.54) is 0 Å². The number of nitrogens with one attached hydrogen (secondary N) is 1. The third-order valence-electron chi connectivity index (χ3n) is 2.23. The van der Waals surface area contributed by atoms with Crippen LogP contribution >= 0.6 is 0 Å². The molecule has 0 radical (unpaired) electrons. The summed E-state index contributed by atoms with van der Waals surface area (Å²) < 4.78 is 10.7. The van der Waals surface area contributed by atoms with Gasteiger partial charge in [-0.15, -0.1) is 0 Å². The monoisotopic (exact) mass is 229 g/mol. The fourth-order valence-electron chi connectivity index (χ4n) is 1.45. The molecule has 17 heavy (non-hydrogen) atoms. The lowest BCUT2D eigenvalue weighted by molar-refractivity contribution is 0.221. The Kier molecular flexibility index (Phi) is 4.00. The zero-order chi connectivity index (χ0) is 11.9. The minimum absolute atomic E-state index is 0.481. The van der Waals surface area contributed by atoms with Crippen LogP contribution in [0.2, 0.25) is 0 Å². The van der Waals surface area contributed by atoms with Crippen molar-refractivity contribution in [2.75, 3.05) is 19.2 Å².